The van der Waals surface area contributed by atoms with Crippen molar-refractivity contribution in [1.82, 2.24) is 9.97 Å². The van der Waals surface area contributed by atoms with Gasteiger partial charge < -0.3 is 5.73 Å². The highest BCUT2D eigenvalue weighted by Gasteiger charge is 2.15. The maximum absolute atomic E-state index is 5.79. The van der Waals surface area contributed by atoms with Crippen molar-refractivity contribution in [2.75, 3.05) is 0 Å². The van der Waals surface area contributed by atoms with Gasteiger partial charge in [0.1, 0.15) is 6.33 Å². The van der Waals surface area contributed by atoms with E-state index in [0.717, 1.165) is 25.0 Å². The molecule has 3 heteroatoms. The third-order valence-corrected chi connectivity index (χ3v) is 2.12. The molecular weight excluding hydrogens is 138 g/mol. The predicted octanol–water partition coefficient (Wildman–Crippen LogP) is 0.293. The Morgan fingerprint density at radius 2 is 2.45 bits per heavy atom. The second-order valence-corrected chi connectivity index (χ2v) is 3.00. The monoisotopic (exact) mass is 149 g/mol. The number of rotatable bonds is 0. The van der Waals surface area contributed by atoms with Crippen molar-refractivity contribution in [3.63, 3.8) is 0 Å². The SMILES string of the molecule is NC1CCc2cncnc2C1. The van der Waals surface area contributed by atoms with Crippen LogP contribution in [0.25, 0.3) is 0 Å². The molecule has 1 aliphatic rings. The van der Waals surface area contributed by atoms with Crippen molar-refractivity contribution in [3.8, 4) is 0 Å². The van der Waals surface area contributed by atoms with Crippen LogP contribution in [-0.4, -0.2) is 16.0 Å². The van der Waals surface area contributed by atoms with Gasteiger partial charge in [-0.3, -0.25) is 0 Å². The molecule has 0 fully saturated rings. The van der Waals surface area contributed by atoms with E-state index >= 15 is 0 Å². The highest BCUT2D eigenvalue weighted by Crippen LogP contribution is 2.16. The minimum absolute atomic E-state index is 0.303. The number of fused-ring (bicyclic) bond motifs is 1. The molecule has 3 nitrogen and oxygen atoms in total. The minimum atomic E-state index is 0.303. The summed E-state index contributed by atoms with van der Waals surface area (Å²) in [4.78, 5) is 8.15. The summed E-state index contributed by atoms with van der Waals surface area (Å²) < 4.78 is 0. The van der Waals surface area contributed by atoms with E-state index in [1.165, 1.54) is 5.56 Å². The van der Waals surface area contributed by atoms with Crippen LogP contribution in [0.5, 0.6) is 0 Å². The maximum atomic E-state index is 5.79. The smallest absolute Gasteiger partial charge is 0.115 e. The summed E-state index contributed by atoms with van der Waals surface area (Å²) in [5.74, 6) is 0. The summed E-state index contributed by atoms with van der Waals surface area (Å²) in [5, 5.41) is 0. The third-order valence-electron chi connectivity index (χ3n) is 2.12. The second-order valence-electron chi connectivity index (χ2n) is 3.00. The van der Waals surface area contributed by atoms with E-state index in [1.807, 2.05) is 6.20 Å². The lowest BCUT2D eigenvalue weighted by atomic mass is 9.94. The molecule has 0 bridgehead atoms. The third kappa shape index (κ3) is 1.24. The molecule has 0 radical (unpaired) electrons. The number of aromatic nitrogens is 2. The molecule has 0 saturated carbocycles. The molecule has 58 valence electrons. The van der Waals surface area contributed by atoms with E-state index < -0.39 is 0 Å². The van der Waals surface area contributed by atoms with Gasteiger partial charge in [0.15, 0.2) is 0 Å². The summed E-state index contributed by atoms with van der Waals surface area (Å²) in [6.45, 7) is 0. The lowest BCUT2D eigenvalue weighted by Crippen LogP contribution is -2.28. The molecule has 1 unspecified atom stereocenters. The van der Waals surface area contributed by atoms with Gasteiger partial charge in [-0.2, -0.15) is 0 Å². The highest BCUT2D eigenvalue weighted by atomic mass is 14.8. The fraction of sp³-hybridized carbons (Fsp3) is 0.500. The van der Waals surface area contributed by atoms with Crippen LogP contribution in [0.4, 0.5) is 0 Å². The topological polar surface area (TPSA) is 51.8 Å². The molecule has 2 rings (SSSR count). The first-order chi connectivity index (χ1) is 5.36. The Bertz CT molecular complexity index is 259. The van der Waals surface area contributed by atoms with E-state index in [0.29, 0.717) is 6.04 Å². The van der Waals surface area contributed by atoms with Crippen molar-refractivity contribution in [1.29, 1.82) is 0 Å². The van der Waals surface area contributed by atoms with Crippen molar-refractivity contribution in [2.24, 2.45) is 5.73 Å². The van der Waals surface area contributed by atoms with Crippen molar-refractivity contribution in [2.45, 2.75) is 25.3 Å². The van der Waals surface area contributed by atoms with Crippen molar-refractivity contribution < 1.29 is 0 Å². The first-order valence-electron chi connectivity index (χ1n) is 3.89. The average Bonchev–Trinajstić information content (AvgIpc) is 2.04. The van der Waals surface area contributed by atoms with Crippen LogP contribution < -0.4 is 5.73 Å². The first kappa shape index (κ1) is 6.73. The molecule has 2 N–H and O–H groups in total. The Labute approximate surface area is 65.7 Å². The molecular formula is C8H11N3. The number of aryl methyl sites for hydroxylation is 1. The van der Waals surface area contributed by atoms with E-state index in [-0.39, 0.29) is 0 Å². The first-order valence-corrected chi connectivity index (χ1v) is 3.89. The molecule has 0 spiro atoms. The van der Waals surface area contributed by atoms with Gasteiger partial charge in [-0.1, -0.05) is 0 Å². The van der Waals surface area contributed by atoms with Crippen LogP contribution in [0, 0.1) is 0 Å². The number of hydrogen-bond acceptors (Lipinski definition) is 3. The molecule has 1 aromatic heterocycles. The quantitative estimate of drug-likeness (QED) is 0.577. The Balaban J connectivity index is 2.34. The van der Waals surface area contributed by atoms with Crippen LogP contribution in [0.1, 0.15) is 17.7 Å². The molecule has 1 atom stereocenters. The molecule has 1 heterocycles. The molecule has 0 saturated heterocycles. The number of hydrogen-bond donors (Lipinski definition) is 1. The fourth-order valence-corrected chi connectivity index (χ4v) is 1.47. The Hall–Kier alpha value is -0.960. The van der Waals surface area contributed by atoms with Gasteiger partial charge in [0, 0.05) is 24.4 Å². The second kappa shape index (κ2) is 2.58. The van der Waals surface area contributed by atoms with Gasteiger partial charge in [-0.15, -0.1) is 0 Å². The fourth-order valence-electron chi connectivity index (χ4n) is 1.47. The molecule has 1 aromatic rings. The van der Waals surface area contributed by atoms with E-state index in [2.05, 4.69) is 9.97 Å². The minimum Gasteiger partial charge on any atom is -0.327 e. The summed E-state index contributed by atoms with van der Waals surface area (Å²) in [7, 11) is 0. The van der Waals surface area contributed by atoms with Gasteiger partial charge in [-0.05, 0) is 18.4 Å². The number of nitrogens with zero attached hydrogens (tertiary/aromatic N) is 2. The molecule has 0 aliphatic heterocycles. The van der Waals surface area contributed by atoms with Crippen LogP contribution in [0.3, 0.4) is 0 Å². The van der Waals surface area contributed by atoms with Crippen LogP contribution >= 0.6 is 0 Å². The molecule has 1 aliphatic carbocycles. The predicted molar refractivity (Wildman–Crippen MR) is 42.0 cm³/mol. The normalized spacial score (nSPS) is 22.8. The van der Waals surface area contributed by atoms with E-state index in [4.69, 9.17) is 5.73 Å². The standard InChI is InChI=1S/C8H11N3/c9-7-2-1-6-4-10-5-11-8(6)3-7/h4-5,7H,1-3,9H2. The summed E-state index contributed by atoms with van der Waals surface area (Å²) in [6, 6.07) is 0.303. The molecule has 0 amide bonds. The Morgan fingerprint density at radius 3 is 3.36 bits per heavy atom. The zero-order valence-corrected chi connectivity index (χ0v) is 6.33. The van der Waals surface area contributed by atoms with Gasteiger partial charge >= 0.3 is 0 Å². The van der Waals surface area contributed by atoms with Crippen LogP contribution in [-0.2, 0) is 12.8 Å². The maximum Gasteiger partial charge on any atom is 0.115 e. The van der Waals surface area contributed by atoms with E-state index in [1.54, 1.807) is 6.33 Å². The number of nitrogens with two attached hydrogens (primary N) is 1. The highest BCUT2D eigenvalue weighted by molar-refractivity contribution is 5.20. The summed E-state index contributed by atoms with van der Waals surface area (Å²) in [6.07, 6.45) is 6.51. The van der Waals surface area contributed by atoms with Crippen LogP contribution in [0.2, 0.25) is 0 Å². The Morgan fingerprint density at radius 1 is 1.55 bits per heavy atom. The van der Waals surface area contributed by atoms with Crippen LogP contribution in [0.15, 0.2) is 12.5 Å². The van der Waals surface area contributed by atoms with Gasteiger partial charge in [0.2, 0.25) is 0 Å². The van der Waals surface area contributed by atoms with Gasteiger partial charge in [0.25, 0.3) is 0 Å². The molecule has 11 heavy (non-hydrogen) atoms. The average molecular weight is 149 g/mol. The van der Waals surface area contributed by atoms with Crippen molar-refractivity contribution >= 4 is 0 Å². The zero-order chi connectivity index (χ0) is 7.68. The molecule has 0 aromatic carbocycles. The summed E-state index contributed by atoms with van der Waals surface area (Å²) >= 11 is 0. The Kier molecular flexibility index (Phi) is 1.58. The zero-order valence-electron chi connectivity index (χ0n) is 6.33. The van der Waals surface area contributed by atoms with Crippen molar-refractivity contribution in [3.05, 3.63) is 23.8 Å². The van der Waals surface area contributed by atoms with E-state index in [9.17, 15) is 0 Å². The lowest BCUT2D eigenvalue weighted by Gasteiger charge is -2.18. The largest absolute Gasteiger partial charge is 0.327 e. The van der Waals surface area contributed by atoms with Gasteiger partial charge in [-0.25, -0.2) is 9.97 Å². The lowest BCUT2D eigenvalue weighted by molar-refractivity contribution is 0.562. The van der Waals surface area contributed by atoms with Gasteiger partial charge in [0.05, 0.1) is 0 Å². The summed E-state index contributed by atoms with van der Waals surface area (Å²) in [5.41, 5.74) is 8.20.